The van der Waals surface area contributed by atoms with Crippen LogP contribution in [0, 0.1) is 5.92 Å². The summed E-state index contributed by atoms with van der Waals surface area (Å²) in [4.78, 5) is 23.9. The number of piperazine rings is 1. The molecule has 1 aromatic heterocycles. The molecule has 1 amide bonds. The summed E-state index contributed by atoms with van der Waals surface area (Å²) in [6, 6.07) is 6.74. The van der Waals surface area contributed by atoms with E-state index in [9.17, 15) is 4.79 Å². The number of carbonyl (C=O) groups excluding carboxylic acids is 1. The van der Waals surface area contributed by atoms with E-state index >= 15 is 0 Å². The number of likely N-dealkylation sites (tertiary alicyclic amines) is 1. The molecule has 154 valence electrons. The van der Waals surface area contributed by atoms with Gasteiger partial charge < -0.3 is 14.5 Å². The largest absolute Gasteiger partial charge is 0.375 e. The van der Waals surface area contributed by atoms with Gasteiger partial charge in [-0.15, -0.1) is 0 Å². The Bertz CT molecular complexity index is 650. The van der Waals surface area contributed by atoms with Gasteiger partial charge in [-0.25, -0.2) is 4.98 Å². The van der Waals surface area contributed by atoms with Crippen LogP contribution < -0.4 is 4.90 Å². The van der Waals surface area contributed by atoms with Crippen molar-refractivity contribution in [1.82, 2.24) is 14.8 Å². The lowest BCUT2D eigenvalue weighted by Crippen LogP contribution is -2.57. The van der Waals surface area contributed by atoms with Crippen molar-refractivity contribution in [2.24, 2.45) is 5.92 Å². The molecule has 1 aromatic rings. The zero-order chi connectivity index (χ0) is 19.6. The first-order valence-electron chi connectivity index (χ1n) is 10.9. The third-order valence-corrected chi connectivity index (χ3v) is 6.75. The number of carbonyl (C=O) groups is 1. The fraction of sp³-hybridized carbons (Fsp3) is 0.727. The van der Waals surface area contributed by atoms with Gasteiger partial charge in [-0.2, -0.15) is 0 Å². The Kier molecular flexibility index (Phi) is 5.88. The number of aromatic nitrogens is 1. The maximum atomic E-state index is 12.3. The molecule has 0 bridgehead atoms. The molecule has 3 fully saturated rings. The van der Waals surface area contributed by atoms with Gasteiger partial charge in [-0.3, -0.25) is 9.69 Å². The second kappa shape index (κ2) is 8.37. The van der Waals surface area contributed by atoms with E-state index in [4.69, 9.17) is 4.74 Å². The van der Waals surface area contributed by atoms with Gasteiger partial charge in [-0.1, -0.05) is 19.9 Å². The van der Waals surface area contributed by atoms with E-state index in [2.05, 4.69) is 26.9 Å². The molecule has 4 rings (SSSR count). The Morgan fingerprint density at radius 2 is 1.89 bits per heavy atom. The molecule has 3 aliphatic rings. The van der Waals surface area contributed by atoms with E-state index in [1.165, 1.54) is 0 Å². The second-order valence-corrected chi connectivity index (χ2v) is 8.87. The number of rotatable bonds is 3. The van der Waals surface area contributed by atoms with E-state index in [0.29, 0.717) is 6.04 Å². The highest BCUT2D eigenvalue weighted by Gasteiger charge is 2.43. The highest BCUT2D eigenvalue weighted by molar-refractivity contribution is 5.78. The van der Waals surface area contributed by atoms with Gasteiger partial charge in [-0.05, 0) is 37.8 Å². The Hall–Kier alpha value is -1.66. The number of pyridine rings is 1. The maximum Gasteiger partial charge on any atom is 0.225 e. The summed E-state index contributed by atoms with van der Waals surface area (Å²) >= 11 is 0. The van der Waals surface area contributed by atoms with E-state index in [1.54, 1.807) is 0 Å². The smallest absolute Gasteiger partial charge is 0.225 e. The van der Waals surface area contributed by atoms with Gasteiger partial charge in [0.1, 0.15) is 5.82 Å². The molecule has 28 heavy (non-hydrogen) atoms. The van der Waals surface area contributed by atoms with E-state index in [0.717, 1.165) is 77.4 Å². The highest BCUT2D eigenvalue weighted by Crippen LogP contribution is 2.37. The minimum absolute atomic E-state index is 0.0191. The van der Waals surface area contributed by atoms with Crippen LogP contribution in [0.3, 0.4) is 0 Å². The number of ether oxygens (including phenoxy) is 1. The van der Waals surface area contributed by atoms with Gasteiger partial charge in [0, 0.05) is 64.0 Å². The van der Waals surface area contributed by atoms with Gasteiger partial charge in [0.15, 0.2) is 0 Å². The quantitative estimate of drug-likeness (QED) is 0.798. The SMILES string of the molecule is CC(C)C(=O)N1CCC2(CC1)C[C@@H](N1CCN(c3ccccn3)CC1)CCO2. The van der Waals surface area contributed by atoms with Crippen LogP contribution >= 0.6 is 0 Å². The number of hydrogen-bond acceptors (Lipinski definition) is 5. The molecule has 0 aromatic carbocycles. The van der Waals surface area contributed by atoms with Crippen LogP contribution in [0.15, 0.2) is 24.4 Å². The van der Waals surface area contributed by atoms with Crippen molar-refractivity contribution in [3.63, 3.8) is 0 Å². The molecular formula is C22H34N4O2. The Labute approximate surface area is 168 Å². The Balaban J connectivity index is 1.31. The van der Waals surface area contributed by atoms with Gasteiger partial charge in [0.05, 0.1) is 5.60 Å². The molecule has 0 saturated carbocycles. The normalized spacial score (nSPS) is 26.0. The molecular weight excluding hydrogens is 352 g/mol. The van der Waals surface area contributed by atoms with Crippen LogP contribution in [-0.4, -0.2) is 78.2 Å². The van der Waals surface area contributed by atoms with Crippen molar-refractivity contribution in [1.29, 1.82) is 0 Å². The van der Waals surface area contributed by atoms with Crippen molar-refractivity contribution < 1.29 is 9.53 Å². The standard InChI is InChI=1S/C22H34N4O2/c1-18(2)21(27)26-10-7-22(8-11-26)17-19(6-16-28-22)24-12-14-25(15-13-24)20-5-3-4-9-23-20/h3-5,9,18-19H,6-8,10-17H2,1-2H3/t19-/m0/s1. The first kappa shape index (κ1) is 19.6. The average Bonchev–Trinajstić information content (AvgIpc) is 2.75. The number of hydrogen-bond donors (Lipinski definition) is 0. The fourth-order valence-electron chi connectivity index (χ4n) is 5.02. The van der Waals surface area contributed by atoms with Crippen LogP contribution in [0.1, 0.15) is 39.5 Å². The first-order valence-corrected chi connectivity index (χ1v) is 10.9. The molecule has 6 heteroatoms. The predicted octanol–water partition coefficient (Wildman–Crippen LogP) is 2.40. The van der Waals surface area contributed by atoms with Crippen molar-refractivity contribution >= 4 is 11.7 Å². The summed E-state index contributed by atoms with van der Waals surface area (Å²) in [5.41, 5.74) is -0.0191. The molecule has 4 heterocycles. The summed E-state index contributed by atoms with van der Waals surface area (Å²) in [6.07, 6.45) is 6.08. The third kappa shape index (κ3) is 4.18. The second-order valence-electron chi connectivity index (χ2n) is 8.87. The molecule has 0 unspecified atom stereocenters. The monoisotopic (exact) mass is 386 g/mol. The first-order chi connectivity index (χ1) is 13.6. The van der Waals surface area contributed by atoms with Crippen LogP contribution in [0.25, 0.3) is 0 Å². The third-order valence-electron chi connectivity index (χ3n) is 6.75. The van der Waals surface area contributed by atoms with Crippen LogP contribution in [-0.2, 0) is 9.53 Å². The number of piperidine rings is 1. The minimum atomic E-state index is -0.0191. The molecule has 0 aliphatic carbocycles. The summed E-state index contributed by atoms with van der Waals surface area (Å²) in [5.74, 6) is 1.46. The molecule has 0 radical (unpaired) electrons. The summed E-state index contributed by atoms with van der Waals surface area (Å²) in [6.45, 7) is 10.8. The lowest BCUT2D eigenvalue weighted by atomic mass is 9.81. The molecule has 6 nitrogen and oxygen atoms in total. The molecule has 1 atom stereocenters. The molecule has 1 spiro atoms. The van der Waals surface area contributed by atoms with Gasteiger partial charge in [0.2, 0.25) is 5.91 Å². The molecule has 3 aliphatic heterocycles. The zero-order valence-corrected chi connectivity index (χ0v) is 17.3. The fourth-order valence-corrected chi connectivity index (χ4v) is 5.02. The summed E-state index contributed by atoms with van der Waals surface area (Å²) in [7, 11) is 0. The van der Waals surface area contributed by atoms with Gasteiger partial charge in [0.25, 0.3) is 0 Å². The van der Waals surface area contributed by atoms with E-state index < -0.39 is 0 Å². The Morgan fingerprint density at radius 1 is 1.14 bits per heavy atom. The van der Waals surface area contributed by atoms with Crippen molar-refractivity contribution in [3.8, 4) is 0 Å². The summed E-state index contributed by atoms with van der Waals surface area (Å²) in [5, 5.41) is 0. The molecule has 3 saturated heterocycles. The average molecular weight is 387 g/mol. The maximum absolute atomic E-state index is 12.3. The molecule has 0 N–H and O–H groups in total. The number of anilines is 1. The zero-order valence-electron chi connectivity index (χ0n) is 17.3. The van der Waals surface area contributed by atoms with Crippen LogP contribution in [0.4, 0.5) is 5.82 Å². The Morgan fingerprint density at radius 3 is 2.54 bits per heavy atom. The van der Waals surface area contributed by atoms with E-state index in [-0.39, 0.29) is 17.4 Å². The minimum Gasteiger partial charge on any atom is -0.375 e. The number of nitrogens with zero attached hydrogens (tertiary/aromatic N) is 4. The summed E-state index contributed by atoms with van der Waals surface area (Å²) < 4.78 is 6.32. The predicted molar refractivity (Wildman–Crippen MR) is 110 cm³/mol. The lowest BCUT2D eigenvalue weighted by molar-refractivity contribution is -0.151. The topological polar surface area (TPSA) is 48.9 Å². The van der Waals surface area contributed by atoms with Crippen LogP contribution in [0.2, 0.25) is 0 Å². The van der Waals surface area contributed by atoms with Crippen molar-refractivity contribution in [2.75, 3.05) is 50.8 Å². The van der Waals surface area contributed by atoms with Crippen LogP contribution in [0.5, 0.6) is 0 Å². The van der Waals surface area contributed by atoms with Gasteiger partial charge >= 0.3 is 0 Å². The van der Waals surface area contributed by atoms with E-state index in [1.807, 2.05) is 31.0 Å². The van der Waals surface area contributed by atoms with Crippen molar-refractivity contribution in [3.05, 3.63) is 24.4 Å². The number of amides is 1. The lowest BCUT2D eigenvalue weighted by Gasteiger charge is -2.50. The highest BCUT2D eigenvalue weighted by atomic mass is 16.5. The van der Waals surface area contributed by atoms with Crippen molar-refractivity contribution in [2.45, 2.75) is 51.2 Å².